The third kappa shape index (κ3) is 2.89. The summed E-state index contributed by atoms with van der Waals surface area (Å²) in [6.07, 6.45) is 8.45. The largest absolute Gasteiger partial charge is 0.314 e. The Bertz CT molecular complexity index is 269. The van der Waals surface area contributed by atoms with E-state index in [0.717, 1.165) is 24.0 Å². The van der Waals surface area contributed by atoms with Gasteiger partial charge in [-0.3, -0.25) is 0 Å². The highest BCUT2D eigenvalue weighted by Gasteiger charge is 2.37. The predicted octanol–water partition coefficient (Wildman–Crippen LogP) is 1.54. The van der Waals surface area contributed by atoms with Gasteiger partial charge in [0.1, 0.15) is 0 Å². The minimum atomic E-state index is 0.843. The summed E-state index contributed by atoms with van der Waals surface area (Å²) in [4.78, 5) is 5.19. The molecule has 0 aromatic heterocycles. The summed E-state index contributed by atoms with van der Waals surface area (Å²) in [5.41, 5.74) is 0. The van der Waals surface area contributed by atoms with Crippen LogP contribution >= 0.6 is 0 Å². The lowest BCUT2D eigenvalue weighted by atomic mass is 9.77. The summed E-state index contributed by atoms with van der Waals surface area (Å²) in [6.45, 7) is 3.84. The fraction of sp³-hybridized carbons (Fsp3) is 1.00. The van der Waals surface area contributed by atoms with Crippen LogP contribution in [-0.4, -0.2) is 61.7 Å². The Morgan fingerprint density at radius 2 is 1.78 bits per heavy atom. The Hall–Kier alpha value is -0.120. The molecule has 104 valence electrons. The molecule has 0 spiro atoms. The maximum Gasteiger partial charge on any atom is 0.0136 e. The number of piperidine rings is 1. The van der Waals surface area contributed by atoms with Crippen LogP contribution in [0, 0.1) is 5.92 Å². The van der Waals surface area contributed by atoms with Crippen molar-refractivity contribution in [2.45, 2.75) is 56.7 Å². The molecule has 2 aliphatic carbocycles. The van der Waals surface area contributed by atoms with Gasteiger partial charge in [-0.2, -0.15) is 0 Å². The summed E-state index contributed by atoms with van der Waals surface area (Å²) < 4.78 is 0. The Balaban J connectivity index is 1.44. The van der Waals surface area contributed by atoms with Gasteiger partial charge in [0, 0.05) is 18.1 Å². The molecule has 3 nitrogen and oxygen atoms in total. The molecular formula is C15H29N3. The zero-order valence-corrected chi connectivity index (χ0v) is 12.1. The summed E-state index contributed by atoms with van der Waals surface area (Å²) in [5.74, 6) is 0.926. The van der Waals surface area contributed by atoms with E-state index in [0.29, 0.717) is 0 Å². The van der Waals surface area contributed by atoms with Crippen molar-refractivity contribution in [2.75, 3.05) is 33.7 Å². The molecule has 2 saturated carbocycles. The molecule has 18 heavy (non-hydrogen) atoms. The SMILES string of the molecule is CN1CCC(N(C)C2CCC2CNC2CC2)CC1. The lowest BCUT2D eigenvalue weighted by Gasteiger charge is -2.48. The number of rotatable bonds is 5. The van der Waals surface area contributed by atoms with E-state index < -0.39 is 0 Å². The summed E-state index contributed by atoms with van der Waals surface area (Å²) in [5, 5.41) is 3.72. The van der Waals surface area contributed by atoms with Gasteiger partial charge in [-0.15, -0.1) is 0 Å². The van der Waals surface area contributed by atoms with Crippen molar-refractivity contribution in [3.05, 3.63) is 0 Å². The minimum Gasteiger partial charge on any atom is -0.314 e. The van der Waals surface area contributed by atoms with E-state index in [1.54, 1.807) is 0 Å². The molecule has 3 rings (SSSR count). The fourth-order valence-electron chi connectivity index (χ4n) is 3.60. The van der Waals surface area contributed by atoms with E-state index in [2.05, 4.69) is 29.2 Å². The van der Waals surface area contributed by atoms with Crippen LogP contribution in [0.5, 0.6) is 0 Å². The highest BCUT2D eigenvalue weighted by atomic mass is 15.2. The van der Waals surface area contributed by atoms with Gasteiger partial charge >= 0.3 is 0 Å². The van der Waals surface area contributed by atoms with Gasteiger partial charge in [0.25, 0.3) is 0 Å². The van der Waals surface area contributed by atoms with Crippen molar-refractivity contribution in [1.82, 2.24) is 15.1 Å². The number of nitrogens with zero attached hydrogens (tertiary/aromatic N) is 2. The van der Waals surface area contributed by atoms with Gasteiger partial charge in [0.15, 0.2) is 0 Å². The quantitative estimate of drug-likeness (QED) is 0.800. The second kappa shape index (κ2) is 5.48. The predicted molar refractivity (Wildman–Crippen MR) is 75.8 cm³/mol. The summed E-state index contributed by atoms with van der Waals surface area (Å²) in [6, 6.07) is 2.58. The molecule has 2 unspecified atom stereocenters. The van der Waals surface area contributed by atoms with Crippen LogP contribution in [0.3, 0.4) is 0 Å². The Morgan fingerprint density at radius 3 is 2.33 bits per heavy atom. The first-order chi connectivity index (χ1) is 8.74. The first-order valence-electron chi connectivity index (χ1n) is 7.88. The molecule has 2 atom stereocenters. The van der Waals surface area contributed by atoms with E-state index in [4.69, 9.17) is 0 Å². The average molecular weight is 251 g/mol. The number of hydrogen-bond acceptors (Lipinski definition) is 3. The molecule has 3 heteroatoms. The van der Waals surface area contributed by atoms with E-state index in [9.17, 15) is 0 Å². The third-order valence-corrected chi connectivity index (χ3v) is 5.41. The molecule has 0 aromatic rings. The molecule has 3 aliphatic rings. The van der Waals surface area contributed by atoms with E-state index in [1.807, 2.05) is 0 Å². The number of hydrogen-bond donors (Lipinski definition) is 1. The third-order valence-electron chi connectivity index (χ3n) is 5.41. The highest BCUT2D eigenvalue weighted by Crippen LogP contribution is 2.34. The molecule has 0 amide bonds. The Kier molecular flexibility index (Phi) is 3.92. The van der Waals surface area contributed by atoms with E-state index in [1.165, 1.54) is 58.2 Å². The molecule has 1 N–H and O–H groups in total. The normalized spacial score (nSPS) is 34.8. The van der Waals surface area contributed by atoms with Crippen molar-refractivity contribution < 1.29 is 0 Å². The number of likely N-dealkylation sites (tertiary alicyclic amines) is 1. The van der Waals surface area contributed by atoms with Crippen LogP contribution in [0.2, 0.25) is 0 Å². The summed E-state index contributed by atoms with van der Waals surface area (Å²) >= 11 is 0. The van der Waals surface area contributed by atoms with Crippen LogP contribution in [0.1, 0.15) is 38.5 Å². The van der Waals surface area contributed by atoms with Gasteiger partial charge in [0.05, 0.1) is 0 Å². The Morgan fingerprint density at radius 1 is 1.06 bits per heavy atom. The van der Waals surface area contributed by atoms with Crippen molar-refractivity contribution in [2.24, 2.45) is 5.92 Å². The van der Waals surface area contributed by atoms with Crippen LogP contribution in [0.4, 0.5) is 0 Å². The Labute approximate surface area is 112 Å². The molecule has 1 aliphatic heterocycles. The first kappa shape index (κ1) is 12.9. The molecule has 0 bridgehead atoms. The zero-order chi connectivity index (χ0) is 12.5. The maximum atomic E-state index is 3.72. The summed E-state index contributed by atoms with van der Waals surface area (Å²) in [7, 11) is 4.63. The van der Waals surface area contributed by atoms with Crippen LogP contribution in [-0.2, 0) is 0 Å². The maximum absolute atomic E-state index is 3.72. The van der Waals surface area contributed by atoms with E-state index in [-0.39, 0.29) is 0 Å². The highest BCUT2D eigenvalue weighted by molar-refractivity contribution is 4.94. The fourth-order valence-corrected chi connectivity index (χ4v) is 3.60. The van der Waals surface area contributed by atoms with Gasteiger partial charge in [-0.1, -0.05) is 0 Å². The van der Waals surface area contributed by atoms with Crippen LogP contribution in [0.15, 0.2) is 0 Å². The van der Waals surface area contributed by atoms with Gasteiger partial charge in [-0.25, -0.2) is 0 Å². The lowest BCUT2D eigenvalue weighted by Crippen LogP contribution is -2.54. The molecule has 0 aromatic carbocycles. The second-order valence-electron chi connectivity index (χ2n) is 6.79. The van der Waals surface area contributed by atoms with Crippen LogP contribution < -0.4 is 5.32 Å². The molecule has 1 saturated heterocycles. The zero-order valence-electron chi connectivity index (χ0n) is 12.1. The second-order valence-corrected chi connectivity index (χ2v) is 6.79. The average Bonchev–Trinajstić information content (AvgIpc) is 3.12. The van der Waals surface area contributed by atoms with Crippen molar-refractivity contribution in [3.8, 4) is 0 Å². The van der Waals surface area contributed by atoms with Gasteiger partial charge in [0.2, 0.25) is 0 Å². The van der Waals surface area contributed by atoms with Crippen LogP contribution in [0.25, 0.3) is 0 Å². The smallest absolute Gasteiger partial charge is 0.0136 e. The topological polar surface area (TPSA) is 18.5 Å². The molecule has 0 radical (unpaired) electrons. The van der Waals surface area contributed by atoms with Gasteiger partial charge in [-0.05, 0) is 78.2 Å². The molecule has 3 fully saturated rings. The van der Waals surface area contributed by atoms with Crippen molar-refractivity contribution in [1.29, 1.82) is 0 Å². The van der Waals surface area contributed by atoms with Crippen molar-refractivity contribution >= 4 is 0 Å². The number of nitrogens with one attached hydrogen (secondary N) is 1. The molecule has 1 heterocycles. The van der Waals surface area contributed by atoms with Crippen molar-refractivity contribution in [3.63, 3.8) is 0 Å². The standard InChI is InChI=1S/C15H29N3/c1-17-9-7-14(8-10-17)18(2)15-6-3-12(15)11-16-13-4-5-13/h12-16H,3-11H2,1-2H3. The molecular weight excluding hydrogens is 222 g/mol. The minimum absolute atomic E-state index is 0.843. The first-order valence-corrected chi connectivity index (χ1v) is 7.88. The van der Waals surface area contributed by atoms with E-state index >= 15 is 0 Å². The van der Waals surface area contributed by atoms with Gasteiger partial charge < -0.3 is 15.1 Å². The lowest BCUT2D eigenvalue weighted by molar-refractivity contribution is 0.0264. The monoisotopic (exact) mass is 251 g/mol.